The highest BCUT2D eigenvalue weighted by Crippen LogP contribution is 2.06. The van der Waals surface area contributed by atoms with Crippen LogP contribution in [0.3, 0.4) is 0 Å². The summed E-state index contributed by atoms with van der Waals surface area (Å²) in [4.78, 5) is 14.0. The van der Waals surface area contributed by atoms with Gasteiger partial charge in [0.1, 0.15) is 0 Å². The highest BCUT2D eigenvalue weighted by atomic mass is 16.5. The lowest BCUT2D eigenvalue weighted by atomic mass is 10.2. The van der Waals surface area contributed by atoms with Crippen LogP contribution in [0.25, 0.3) is 0 Å². The van der Waals surface area contributed by atoms with Gasteiger partial charge in [-0.1, -0.05) is 6.92 Å². The smallest absolute Gasteiger partial charge is 0.234 e. The quantitative estimate of drug-likeness (QED) is 0.653. The monoisotopic (exact) mass is 257 g/mol. The number of carbonyl (C=O) groups excluding carboxylic acids is 1. The van der Waals surface area contributed by atoms with E-state index in [1.165, 1.54) is 12.8 Å². The Balaban J connectivity index is 2.25. The minimum atomic E-state index is 0.0748. The standard InChI is InChI=1S/C13H27N3O2/c1-4-16(8-12-6-5-7-14-12)9-13(17)15-11(2)10-18-3/h11-12,14H,4-10H2,1-3H3,(H,15,17). The Morgan fingerprint density at radius 1 is 1.61 bits per heavy atom. The Morgan fingerprint density at radius 3 is 2.94 bits per heavy atom. The molecular weight excluding hydrogens is 230 g/mol. The van der Waals surface area contributed by atoms with Gasteiger partial charge in [-0.3, -0.25) is 9.69 Å². The second kappa shape index (κ2) is 8.45. The van der Waals surface area contributed by atoms with Crippen molar-refractivity contribution >= 4 is 5.91 Å². The molecule has 106 valence electrons. The van der Waals surface area contributed by atoms with Crippen LogP contribution in [0.5, 0.6) is 0 Å². The van der Waals surface area contributed by atoms with Crippen LogP contribution >= 0.6 is 0 Å². The molecule has 1 heterocycles. The third-order valence-electron chi connectivity index (χ3n) is 3.28. The van der Waals surface area contributed by atoms with Crippen LogP contribution in [0.2, 0.25) is 0 Å². The van der Waals surface area contributed by atoms with Gasteiger partial charge in [-0.05, 0) is 32.9 Å². The Morgan fingerprint density at radius 2 is 2.39 bits per heavy atom. The summed E-state index contributed by atoms with van der Waals surface area (Å²) in [6.07, 6.45) is 2.47. The van der Waals surface area contributed by atoms with Crippen LogP contribution in [0, 0.1) is 0 Å². The van der Waals surface area contributed by atoms with Crippen LogP contribution < -0.4 is 10.6 Å². The average molecular weight is 257 g/mol. The molecule has 1 aliphatic rings. The fourth-order valence-electron chi connectivity index (χ4n) is 2.34. The maximum absolute atomic E-state index is 11.8. The van der Waals surface area contributed by atoms with Gasteiger partial charge in [0.05, 0.1) is 13.2 Å². The van der Waals surface area contributed by atoms with Gasteiger partial charge in [0.15, 0.2) is 0 Å². The molecule has 1 fully saturated rings. The molecular formula is C13H27N3O2. The van der Waals surface area contributed by atoms with E-state index >= 15 is 0 Å². The van der Waals surface area contributed by atoms with Crippen molar-refractivity contribution in [3.8, 4) is 0 Å². The first-order valence-corrected chi connectivity index (χ1v) is 6.89. The maximum atomic E-state index is 11.8. The molecule has 2 N–H and O–H groups in total. The SMILES string of the molecule is CCN(CC(=O)NC(C)COC)CC1CCCN1. The molecule has 0 spiro atoms. The predicted molar refractivity (Wildman–Crippen MR) is 72.6 cm³/mol. The number of hydrogen-bond donors (Lipinski definition) is 2. The number of methoxy groups -OCH3 is 1. The van der Waals surface area contributed by atoms with Crippen molar-refractivity contribution in [2.24, 2.45) is 0 Å². The van der Waals surface area contributed by atoms with E-state index < -0.39 is 0 Å². The molecule has 2 atom stereocenters. The number of rotatable bonds is 8. The molecule has 1 amide bonds. The second-order valence-corrected chi connectivity index (χ2v) is 5.04. The van der Waals surface area contributed by atoms with E-state index in [1.807, 2.05) is 6.92 Å². The highest BCUT2D eigenvalue weighted by Gasteiger charge is 2.19. The Bertz CT molecular complexity index is 242. The molecule has 0 aromatic carbocycles. The highest BCUT2D eigenvalue weighted by molar-refractivity contribution is 5.78. The predicted octanol–water partition coefficient (Wildman–Crippen LogP) is 0.211. The molecule has 0 radical (unpaired) electrons. The van der Waals surface area contributed by atoms with Gasteiger partial charge in [-0.25, -0.2) is 0 Å². The summed E-state index contributed by atoms with van der Waals surface area (Å²) in [6, 6.07) is 0.625. The molecule has 0 bridgehead atoms. The van der Waals surface area contributed by atoms with Gasteiger partial charge in [-0.2, -0.15) is 0 Å². The molecule has 1 aliphatic heterocycles. The van der Waals surface area contributed by atoms with Crippen molar-refractivity contribution in [2.45, 2.75) is 38.8 Å². The summed E-state index contributed by atoms with van der Waals surface area (Å²) in [5.41, 5.74) is 0. The zero-order valence-corrected chi connectivity index (χ0v) is 11.9. The summed E-state index contributed by atoms with van der Waals surface area (Å²) >= 11 is 0. The van der Waals surface area contributed by atoms with Crippen molar-refractivity contribution in [3.05, 3.63) is 0 Å². The fourth-order valence-corrected chi connectivity index (χ4v) is 2.34. The van der Waals surface area contributed by atoms with E-state index in [0.717, 1.165) is 19.6 Å². The van der Waals surface area contributed by atoms with Crippen LogP contribution in [0.1, 0.15) is 26.7 Å². The fraction of sp³-hybridized carbons (Fsp3) is 0.923. The van der Waals surface area contributed by atoms with Crippen molar-refractivity contribution in [2.75, 3.05) is 39.9 Å². The Hall–Kier alpha value is -0.650. The number of amides is 1. The molecule has 0 saturated carbocycles. The molecule has 0 aliphatic carbocycles. The van der Waals surface area contributed by atoms with E-state index in [4.69, 9.17) is 4.74 Å². The van der Waals surface area contributed by atoms with E-state index in [0.29, 0.717) is 19.2 Å². The second-order valence-electron chi connectivity index (χ2n) is 5.04. The van der Waals surface area contributed by atoms with Gasteiger partial charge < -0.3 is 15.4 Å². The number of nitrogens with zero attached hydrogens (tertiary/aromatic N) is 1. The normalized spacial score (nSPS) is 21.2. The van der Waals surface area contributed by atoms with Crippen molar-refractivity contribution in [1.29, 1.82) is 0 Å². The molecule has 0 aromatic heterocycles. The molecule has 1 rings (SSSR count). The molecule has 2 unspecified atom stereocenters. The molecule has 18 heavy (non-hydrogen) atoms. The van der Waals surface area contributed by atoms with Crippen LogP contribution in [0.15, 0.2) is 0 Å². The number of hydrogen-bond acceptors (Lipinski definition) is 4. The van der Waals surface area contributed by atoms with Crippen LogP contribution in [-0.4, -0.2) is 62.8 Å². The Kier molecular flexibility index (Phi) is 7.23. The minimum Gasteiger partial charge on any atom is -0.383 e. The first-order valence-electron chi connectivity index (χ1n) is 6.89. The largest absolute Gasteiger partial charge is 0.383 e. The van der Waals surface area contributed by atoms with Gasteiger partial charge in [-0.15, -0.1) is 0 Å². The van der Waals surface area contributed by atoms with Crippen LogP contribution in [0.4, 0.5) is 0 Å². The van der Waals surface area contributed by atoms with Gasteiger partial charge >= 0.3 is 0 Å². The summed E-state index contributed by atoms with van der Waals surface area (Å²) in [5.74, 6) is 0.0828. The lowest BCUT2D eigenvalue weighted by Gasteiger charge is -2.24. The van der Waals surface area contributed by atoms with E-state index in [9.17, 15) is 4.79 Å². The zero-order chi connectivity index (χ0) is 13.4. The van der Waals surface area contributed by atoms with Crippen LogP contribution in [-0.2, 0) is 9.53 Å². The number of nitrogens with one attached hydrogen (secondary N) is 2. The van der Waals surface area contributed by atoms with E-state index in [1.54, 1.807) is 7.11 Å². The van der Waals surface area contributed by atoms with Crippen molar-refractivity contribution in [1.82, 2.24) is 15.5 Å². The third-order valence-corrected chi connectivity index (χ3v) is 3.28. The third kappa shape index (κ3) is 5.80. The lowest BCUT2D eigenvalue weighted by molar-refractivity contribution is -0.123. The summed E-state index contributed by atoms with van der Waals surface area (Å²) in [6.45, 7) is 8.06. The van der Waals surface area contributed by atoms with E-state index in [2.05, 4.69) is 22.5 Å². The van der Waals surface area contributed by atoms with Gasteiger partial charge in [0, 0.05) is 25.7 Å². The minimum absolute atomic E-state index is 0.0748. The average Bonchev–Trinajstić information content (AvgIpc) is 2.81. The Labute approximate surface area is 110 Å². The summed E-state index contributed by atoms with van der Waals surface area (Å²) in [7, 11) is 1.65. The topological polar surface area (TPSA) is 53.6 Å². The van der Waals surface area contributed by atoms with E-state index in [-0.39, 0.29) is 11.9 Å². The first-order chi connectivity index (χ1) is 8.65. The molecule has 5 heteroatoms. The molecule has 1 saturated heterocycles. The van der Waals surface area contributed by atoms with Gasteiger partial charge in [0.2, 0.25) is 5.91 Å². The number of carbonyl (C=O) groups is 1. The zero-order valence-electron chi connectivity index (χ0n) is 11.9. The molecule has 5 nitrogen and oxygen atoms in total. The maximum Gasteiger partial charge on any atom is 0.234 e. The summed E-state index contributed by atoms with van der Waals surface area (Å²) < 4.78 is 5.01. The lowest BCUT2D eigenvalue weighted by Crippen LogP contribution is -2.45. The van der Waals surface area contributed by atoms with Gasteiger partial charge in [0.25, 0.3) is 0 Å². The molecule has 0 aromatic rings. The van der Waals surface area contributed by atoms with Crippen molar-refractivity contribution in [3.63, 3.8) is 0 Å². The number of ether oxygens (including phenoxy) is 1. The first kappa shape index (κ1) is 15.4. The van der Waals surface area contributed by atoms with Crippen molar-refractivity contribution < 1.29 is 9.53 Å². The number of likely N-dealkylation sites (N-methyl/N-ethyl adjacent to an activating group) is 1. The summed E-state index contributed by atoms with van der Waals surface area (Å²) in [5, 5.41) is 6.41.